The molecule has 0 saturated heterocycles. The Bertz CT molecular complexity index is 520. The minimum atomic E-state index is -1.24. The summed E-state index contributed by atoms with van der Waals surface area (Å²) in [7, 11) is 0. The number of hydrogen-bond acceptors (Lipinski definition) is 7. The van der Waals surface area contributed by atoms with Gasteiger partial charge in [0.05, 0.1) is 0 Å². The SMILES string of the molecule is O=C(O)c1ccc(C(=O)Nc2nnns2)o1. The third-order valence-corrected chi connectivity index (χ3v) is 2.07. The highest BCUT2D eigenvalue weighted by atomic mass is 32.1. The number of aromatic nitrogens is 3. The fraction of sp³-hybridized carbons (Fsp3) is 0. The molecule has 0 aliphatic carbocycles. The molecule has 0 aliphatic heterocycles. The summed E-state index contributed by atoms with van der Waals surface area (Å²) in [6, 6.07) is 2.45. The van der Waals surface area contributed by atoms with Gasteiger partial charge in [0.2, 0.25) is 10.9 Å². The van der Waals surface area contributed by atoms with Crippen LogP contribution in [0, 0.1) is 0 Å². The number of nitrogens with zero attached hydrogens (tertiary/aromatic N) is 3. The highest BCUT2D eigenvalue weighted by molar-refractivity contribution is 7.09. The van der Waals surface area contributed by atoms with Crippen molar-refractivity contribution in [3.05, 3.63) is 23.7 Å². The average molecular weight is 240 g/mol. The van der Waals surface area contributed by atoms with Gasteiger partial charge in [-0.05, 0) is 17.3 Å². The minimum absolute atomic E-state index is 0.118. The molecular weight excluding hydrogens is 236 g/mol. The number of amides is 1. The summed E-state index contributed by atoms with van der Waals surface area (Å²) >= 11 is 0.897. The topological polar surface area (TPSA) is 118 Å². The van der Waals surface area contributed by atoms with Crippen LogP contribution >= 0.6 is 11.5 Å². The zero-order valence-electron chi connectivity index (χ0n) is 7.58. The molecule has 0 unspecified atom stereocenters. The predicted molar refractivity (Wildman–Crippen MR) is 51.3 cm³/mol. The molecule has 2 N–H and O–H groups in total. The van der Waals surface area contributed by atoms with Gasteiger partial charge in [-0.25, -0.2) is 4.79 Å². The van der Waals surface area contributed by atoms with Gasteiger partial charge in [-0.15, -0.1) is 0 Å². The number of carboxylic acids is 1. The zero-order valence-corrected chi connectivity index (χ0v) is 8.39. The fourth-order valence-corrected chi connectivity index (χ4v) is 1.28. The van der Waals surface area contributed by atoms with Gasteiger partial charge in [0.1, 0.15) is 0 Å². The summed E-state index contributed by atoms with van der Waals surface area (Å²) in [4.78, 5) is 22.0. The van der Waals surface area contributed by atoms with E-state index in [4.69, 9.17) is 9.52 Å². The molecule has 0 atom stereocenters. The van der Waals surface area contributed by atoms with Crippen LogP contribution in [0.25, 0.3) is 0 Å². The zero-order chi connectivity index (χ0) is 11.5. The number of nitrogens with one attached hydrogen (secondary N) is 1. The van der Waals surface area contributed by atoms with Crippen molar-refractivity contribution in [1.29, 1.82) is 0 Å². The number of hydrogen-bond donors (Lipinski definition) is 2. The van der Waals surface area contributed by atoms with E-state index in [0.29, 0.717) is 0 Å². The normalized spacial score (nSPS) is 10.0. The van der Waals surface area contributed by atoms with Gasteiger partial charge in [0.15, 0.2) is 5.76 Å². The van der Waals surface area contributed by atoms with Crippen LogP contribution < -0.4 is 5.32 Å². The van der Waals surface area contributed by atoms with E-state index in [1.165, 1.54) is 12.1 Å². The smallest absolute Gasteiger partial charge is 0.371 e. The summed E-state index contributed by atoms with van der Waals surface area (Å²) in [5.74, 6) is -2.27. The summed E-state index contributed by atoms with van der Waals surface area (Å²) < 4.78 is 8.22. The summed E-state index contributed by atoms with van der Waals surface area (Å²) in [6.07, 6.45) is 0. The van der Waals surface area contributed by atoms with Gasteiger partial charge < -0.3 is 9.52 Å². The molecular formula is C7H4N4O4S. The number of carbonyl (C=O) groups is 2. The lowest BCUT2D eigenvalue weighted by molar-refractivity contribution is 0.0660. The van der Waals surface area contributed by atoms with Gasteiger partial charge in [0, 0.05) is 11.5 Å². The first-order valence-electron chi connectivity index (χ1n) is 3.96. The molecule has 2 heterocycles. The largest absolute Gasteiger partial charge is 0.475 e. The molecule has 0 spiro atoms. The van der Waals surface area contributed by atoms with E-state index >= 15 is 0 Å². The second-order valence-electron chi connectivity index (χ2n) is 2.59. The van der Waals surface area contributed by atoms with Crippen LogP contribution in [0.4, 0.5) is 5.13 Å². The third kappa shape index (κ3) is 2.03. The van der Waals surface area contributed by atoms with Crippen molar-refractivity contribution in [3.63, 3.8) is 0 Å². The molecule has 8 nitrogen and oxygen atoms in total. The Kier molecular flexibility index (Phi) is 2.60. The summed E-state index contributed by atoms with van der Waals surface area (Å²) in [5.41, 5.74) is 0. The molecule has 0 saturated carbocycles. The molecule has 0 bridgehead atoms. The summed E-state index contributed by atoms with van der Waals surface area (Å²) in [6.45, 7) is 0. The van der Waals surface area contributed by atoms with Crippen LogP contribution in [0.2, 0.25) is 0 Å². The van der Waals surface area contributed by atoms with Crippen molar-refractivity contribution >= 4 is 28.5 Å². The quantitative estimate of drug-likeness (QED) is 0.800. The first-order chi connectivity index (χ1) is 7.66. The van der Waals surface area contributed by atoms with E-state index in [1.807, 2.05) is 0 Å². The van der Waals surface area contributed by atoms with Gasteiger partial charge in [-0.1, -0.05) is 9.59 Å². The van der Waals surface area contributed by atoms with Crippen LogP contribution in [-0.4, -0.2) is 31.8 Å². The van der Waals surface area contributed by atoms with Crippen molar-refractivity contribution < 1.29 is 19.1 Å². The molecule has 2 rings (SSSR count). The van der Waals surface area contributed by atoms with Gasteiger partial charge in [-0.3, -0.25) is 10.1 Å². The minimum Gasteiger partial charge on any atom is -0.475 e. The number of aromatic carboxylic acids is 1. The van der Waals surface area contributed by atoms with Gasteiger partial charge >= 0.3 is 5.97 Å². The maximum atomic E-state index is 11.5. The number of furan rings is 1. The second kappa shape index (κ2) is 4.06. The van der Waals surface area contributed by atoms with Crippen LogP contribution in [0.3, 0.4) is 0 Å². The molecule has 0 radical (unpaired) electrons. The van der Waals surface area contributed by atoms with Crippen LogP contribution in [-0.2, 0) is 0 Å². The fourth-order valence-electron chi connectivity index (χ4n) is 0.915. The Morgan fingerprint density at radius 3 is 2.69 bits per heavy atom. The first kappa shape index (κ1) is 10.2. The van der Waals surface area contributed by atoms with Gasteiger partial charge in [-0.2, -0.15) is 0 Å². The Hall–Kier alpha value is -2.29. The third-order valence-electron chi connectivity index (χ3n) is 1.56. The van der Waals surface area contributed by atoms with E-state index < -0.39 is 11.9 Å². The Morgan fingerprint density at radius 2 is 2.12 bits per heavy atom. The lowest BCUT2D eigenvalue weighted by atomic mass is 10.4. The maximum Gasteiger partial charge on any atom is 0.371 e. The molecule has 9 heteroatoms. The molecule has 82 valence electrons. The average Bonchev–Trinajstić information content (AvgIpc) is 2.86. The van der Waals surface area contributed by atoms with E-state index in [2.05, 4.69) is 20.1 Å². The Morgan fingerprint density at radius 1 is 1.38 bits per heavy atom. The van der Waals surface area contributed by atoms with Crippen molar-refractivity contribution in [3.8, 4) is 0 Å². The molecule has 2 aromatic heterocycles. The maximum absolute atomic E-state index is 11.5. The first-order valence-corrected chi connectivity index (χ1v) is 4.73. The molecule has 1 amide bonds. The van der Waals surface area contributed by atoms with Crippen molar-refractivity contribution in [2.24, 2.45) is 0 Å². The van der Waals surface area contributed by atoms with Crippen molar-refractivity contribution in [1.82, 2.24) is 14.8 Å². The van der Waals surface area contributed by atoms with Crippen molar-refractivity contribution in [2.45, 2.75) is 0 Å². The Labute approximate surface area is 92.1 Å². The molecule has 2 aromatic rings. The molecule has 0 aliphatic rings. The summed E-state index contributed by atoms with van der Waals surface area (Å²) in [5, 5.41) is 17.9. The number of carbonyl (C=O) groups excluding carboxylic acids is 1. The Balaban J connectivity index is 2.12. The van der Waals surface area contributed by atoms with E-state index in [0.717, 1.165) is 11.5 Å². The van der Waals surface area contributed by atoms with Crippen LogP contribution in [0.1, 0.15) is 21.1 Å². The predicted octanol–water partition coefficient (Wildman–Crippen LogP) is 0.477. The number of anilines is 1. The standard InChI is InChI=1S/C7H4N4O4S/c12-5(8-7-9-10-11-16-7)3-1-2-4(15-3)6(13)14/h1-2H,(H,13,14)(H,8,9,11,12). The van der Waals surface area contributed by atoms with E-state index in [-0.39, 0.29) is 16.7 Å². The monoisotopic (exact) mass is 240 g/mol. The molecule has 0 fully saturated rings. The number of carboxylic acid groups (broad SMARTS) is 1. The highest BCUT2D eigenvalue weighted by Gasteiger charge is 2.15. The lowest BCUT2D eigenvalue weighted by Gasteiger charge is -1.95. The van der Waals surface area contributed by atoms with E-state index in [1.54, 1.807) is 0 Å². The second-order valence-corrected chi connectivity index (χ2v) is 3.32. The number of rotatable bonds is 3. The van der Waals surface area contributed by atoms with Gasteiger partial charge in [0.25, 0.3) is 5.91 Å². The molecule has 16 heavy (non-hydrogen) atoms. The highest BCUT2D eigenvalue weighted by Crippen LogP contribution is 2.11. The lowest BCUT2D eigenvalue weighted by Crippen LogP contribution is -2.10. The van der Waals surface area contributed by atoms with Crippen molar-refractivity contribution in [2.75, 3.05) is 5.32 Å². The van der Waals surface area contributed by atoms with Crippen LogP contribution in [0.5, 0.6) is 0 Å². The molecule has 0 aromatic carbocycles. The van der Waals surface area contributed by atoms with Crippen LogP contribution in [0.15, 0.2) is 16.5 Å². The van der Waals surface area contributed by atoms with E-state index in [9.17, 15) is 9.59 Å².